The minimum atomic E-state index is 0.471. The standard InChI is InChI=1S/C14H15N3O3/c1-18-13-5-6-15-14(17-13)16-10-3-4-11-12(9-10)20-8-2-7-19-11/h3-6,9H,2,7-8H2,1H3,(H,15,16,17). The first-order valence-corrected chi connectivity index (χ1v) is 6.39. The Balaban J connectivity index is 1.82. The first kappa shape index (κ1) is 12.5. The molecule has 0 saturated carbocycles. The van der Waals surface area contributed by atoms with Crippen LogP contribution in [0.15, 0.2) is 30.5 Å². The fraction of sp³-hybridized carbons (Fsp3) is 0.286. The second kappa shape index (κ2) is 5.64. The monoisotopic (exact) mass is 273 g/mol. The fourth-order valence-corrected chi connectivity index (χ4v) is 1.89. The summed E-state index contributed by atoms with van der Waals surface area (Å²) in [4.78, 5) is 8.34. The zero-order valence-corrected chi connectivity index (χ0v) is 11.1. The van der Waals surface area contributed by atoms with Crippen LogP contribution in [0.1, 0.15) is 6.42 Å². The van der Waals surface area contributed by atoms with E-state index < -0.39 is 0 Å². The van der Waals surface area contributed by atoms with E-state index in [1.807, 2.05) is 18.2 Å². The van der Waals surface area contributed by atoms with E-state index in [2.05, 4.69) is 15.3 Å². The molecule has 6 heteroatoms. The molecule has 0 spiro atoms. The molecule has 2 aromatic rings. The number of hydrogen-bond donors (Lipinski definition) is 1. The highest BCUT2D eigenvalue weighted by atomic mass is 16.5. The summed E-state index contributed by atoms with van der Waals surface area (Å²) in [5, 5.41) is 3.11. The minimum Gasteiger partial charge on any atom is -0.490 e. The van der Waals surface area contributed by atoms with Gasteiger partial charge in [-0.3, -0.25) is 0 Å². The van der Waals surface area contributed by atoms with Gasteiger partial charge < -0.3 is 19.5 Å². The molecule has 0 atom stereocenters. The number of rotatable bonds is 3. The molecule has 0 aliphatic carbocycles. The predicted octanol–water partition coefficient (Wildman–Crippen LogP) is 2.39. The lowest BCUT2D eigenvalue weighted by Crippen LogP contribution is -1.99. The summed E-state index contributed by atoms with van der Waals surface area (Å²) in [6.07, 6.45) is 2.52. The van der Waals surface area contributed by atoms with Gasteiger partial charge in [-0.05, 0) is 12.1 Å². The molecule has 1 aromatic heterocycles. The second-order valence-corrected chi connectivity index (χ2v) is 4.26. The largest absolute Gasteiger partial charge is 0.490 e. The van der Waals surface area contributed by atoms with Crippen molar-refractivity contribution in [1.82, 2.24) is 9.97 Å². The van der Waals surface area contributed by atoms with Crippen molar-refractivity contribution in [1.29, 1.82) is 0 Å². The third kappa shape index (κ3) is 2.74. The molecule has 0 bridgehead atoms. The predicted molar refractivity (Wildman–Crippen MR) is 73.9 cm³/mol. The summed E-state index contributed by atoms with van der Waals surface area (Å²) in [5.41, 5.74) is 0.836. The van der Waals surface area contributed by atoms with Crippen LogP contribution in [0.4, 0.5) is 11.6 Å². The van der Waals surface area contributed by atoms with Crippen LogP contribution in [0.25, 0.3) is 0 Å². The number of anilines is 2. The Morgan fingerprint density at radius 3 is 2.85 bits per heavy atom. The van der Waals surface area contributed by atoms with Gasteiger partial charge in [0, 0.05) is 30.4 Å². The number of benzene rings is 1. The number of aromatic nitrogens is 2. The van der Waals surface area contributed by atoms with E-state index in [9.17, 15) is 0 Å². The van der Waals surface area contributed by atoms with Gasteiger partial charge in [0.15, 0.2) is 11.5 Å². The Morgan fingerprint density at radius 1 is 1.15 bits per heavy atom. The van der Waals surface area contributed by atoms with Gasteiger partial charge in [-0.25, -0.2) is 4.98 Å². The number of fused-ring (bicyclic) bond motifs is 1. The number of methoxy groups -OCH3 is 1. The van der Waals surface area contributed by atoms with Crippen LogP contribution in [0.3, 0.4) is 0 Å². The molecule has 1 aliphatic heterocycles. The zero-order chi connectivity index (χ0) is 13.8. The van der Waals surface area contributed by atoms with Crippen LogP contribution in [0, 0.1) is 0 Å². The molecule has 0 fully saturated rings. The molecule has 1 aromatic carbocycles. The van der Waals surface area contributed by atoms with Crippen LogP contribution < -0.4 is 19.5 Å². The van der Waals surface area contributed by atoms with E-state index in [0.717, 1.165) is 23.6 Å². The average Bonchev–Trinajstić information content (AvgIpc) is 2.72. The van der Waals surface area contributed by atoms with Gasteiger partial charge in [0.25, 0.3) is 0 Å². The van der Waals surface area contributed by atoms with Gasteiger partial charge in [0.05, 0.1) is 20.3 Å². The Labute approximate surface area is 116 Å². The van der Waals surface area contributed by atoms with Gasteiger partial charge in [-0.2, -0.15) is 4.98 Å². The molecule has 2 heterocycles. The zero-order valence-electron chi connectivity index (χ0n) is 11.1. The van der Waals surface area contributed by atoms with E-state index in [0.29, 0.717) is 25.0 Å². The molecule has 3 rings (SSSR count). The SMILES string of the molecule is COc1ccnc(Nc2ccc3c(c2)OCCCO3)n1. The molecule has 0 saturated heterocycles. The van der Waals surface area contributed by atoms with Crippen molar-refractivity contribution in [3.05, 3.63) is 30.5 Å². The molecular formula is C14H15N3O3. The van der Waals surface area contributed by atoms with Crippen molar-refractivity contribution >= 4 is 11.6 Å². The molecule has 20 heavy (non-hydrogen) atoms. The van der Waals surface area contributed by atoms with E-state index in [4.69, 9.17) is 14.2 Å². The quantitative estimate of drug-likeness (QED) is 0.926. The smallest absolute Gasteiger partial charge is 0.230 e. The maximum absolute atomic E-state index is 5.64. The van der Waals surface area contributed by atoms with Crippen LogP contribution in [0.2, 0.25) is 0 Å². The van der Waals surface area contributed by atoms with Crippen molar-refractivity contribution in [2.75, 3.05) is 25.6 Å². The van der Waals surface area contributed by atoms with Crippen LogP contribution in [0.5, 0.6) is 17.4 Å². The topological polar surface area (TPSA) is 65.5 Å². The van der Waals surface area contributed by atoms with Gasteiger partial charge in [0.2, 0.25) is 11.8 Å². The van der Waals surface area contributed by atoms with Crippen molar-refractivity contribution in [3.63, 3.8) is 0 Å². The molecule has 0 radical (unpaired) electrons. The minimum absolute atomic E-state index is 0.471. The van der Waals surface area contributed by atoms with E-state index in [1.54, 1.807) is 19.4 Å². The lowest BCUT2D eigenvalue weighted by molar-refractivity contribution is 0.297. The average molecular weight is 273 g/mol. The first-order valence-electron chi connectivity index (χ1n) is 6.39. The molecule has 6 nitrogen and oxygen atoms in total. The highest BCUT2D eigenvalue weighted by molar-refractivity contribution is 5.60. The Bertz CT molecular complexity index is 604. The van der Waals surface area contributed by atoms with Gasteiger partial charge >= 0.3 is 0 Å². The summed E-state index contributed by atoms with van der Waals surface area (Å²) in [7, 11) is 1.57. The first-order chi connectivity index (χ1) is 9.85. The number of ether oxygens (including phenoxy) is 3. The van der Waals surface area contributed by atoms with Gasteiger partial charge in [-0.15, -0.1) is 0 Å². The second-order valence-electron chi connectivity index (χ2n) is 4.26. The molecule has 104 valence electrons. The molecule has 0 amide bonds. The van der Waals surface area contributed by atoms with Crippen molar-refractivity contribution in [2.45, 2.75) is 6.42 Å². The Morgan fingerprint density at radius 2 is 2.00 bits per heavy atom. The third-order valence-electron chi connectivity index (χ3n) is 2.84. The summed E-state index contributed by atoms with van der Waals surface area (Å²) in [5.74, 6) is 2.48. The lowest BCUT2D eigenvalue weighted by atomic mass is 10.3. The summed E-state index contributed by atoms with van der Waals surface area (Å²) < 4.78 is 16.3. The summed E-state index contributed by atoms with van der Waals surface area (Å²) >= 11 is 0. The third-order valence-corrected chi connectivity index (χ3v) is 2.84. The Hall–Kier alpha value is -2.50. The van der Waals surface area contributed by atoms with E-state index in [1.165, 1.54) is 0 Å². The summed E-state index contributed by atoms with van der Waals surface area (Å²) in [6.45, 7) is 1.34. The lowest BCUT2D eigenvalue weighted by Gasteiger charge is -2.10. The highest BCUT2D eigenvalue weighted by Gasteiger charge is 2.11. The number of hydrogen-bond acceptors (Lipinski definition) is 6. The van der Waals surface area contributed by atoms with Crippen molar-refractivity contribution in [2.24, 2.45) is 0 Å². The maximum atomic E-state index is 5.64. The van der Waals surface area contributed by atoms with Crippen molar-refractivity contribution < 1.29 is 14.2 Å². The van der Waals surface area contributed by atoms with Gasteiger partial charge in [0.1, 0.15) is 0 Å². The highest BCUT2D eigenvalue weighted by Crippen LogP contribution is 2.32. The molecule has 1 aliphatic rings. The normalized spacial score (nSPS) is 13.4. The molecular weight excluding hydrogens is 258 g/mol. The van der Waals surface area contributed by atoms with E-state index in [-0.39, 0.29) is 0 Å². The van der Waals surface area contributed by atoms with Crippen molar-refractivity contribution in [3.8, 4) is 17.4 Å². The molecule has 1 N–H and O–H groups in total. The van der Waals surface area contributed by atoms with Crippen LogP contribution in [-0.4, -0.2) is 30.3 Å². The summed E-state index contributed by atoms with van der Waals surface area (Å²) in [6, 6.07) is 7.35. The maximum Gasteiger partial charge on any atom is 0.230 e. The van der Waals surface area contributed by atoms with Crippen LogP contribution in [-0.2, 0) is 0 Å². The number of nitrogens with zero attached hydrogens (tertiary/aromatic N) is 2. The van der Waals surface area contributed by atoms with Gasteiger partial charge in [-0.1, -0.05) is 0 Å². The molecule has 0 unspecified atom stereocenters. The number of nitrogens with one attached hydrogen (secondary N) is 1. The Kier molecular flexibility index (Phi) is 3.54. The fourth-order valence-electron chi connectivity index (χ4n) is 1.89. The van der Waals surface area contributed by atoms with E-state index >= 15 is 0 Å². The van der Waals surface area contributed by atoms with Crippen LogP contribution >= 0.6 is 0 Å².